The number of rotatable bonds is 14. The summed E-state index contributed by atoms with van der Waals surface area (Å²) in [5, 5.41) is 44.4. The number of alkyl halides is 6. The molecule has 115 heavy (non-hydrogen) atoms. The summed E-state index contributed by atoms with van der Waals surface area (Å²) in [6.45, 7) is 17.4. The average molecular weight is 1680 g/mol. The Labute approximate surface area is 685 Å². The number of aliphatic carboxylic acids is 2. The SMILES string of the molecule is Cc1ccc(P(c2ccc(C)cc2)c2ccc3ccccc3c2-c2c(P(c3ccc(C)cc3)c3ccc(C)cc3)ccc3ccccc23)cc1.Cc1ccc(P(c2ccc(C)cc2)c2ccc3ccccc3c2-c2c(P(c3ccc(C)cc3)c3ccc(C)cc3)ccc3ccccc23)cc1.O=C([O-])C(F)(F)F.O=C([O-])C(F)(F)F.[Ru+2]. The molecule has 0 radical (unpaired) electrons. The second kappa shape index (κ2) is 36.9. The van der Waals surface area contributed by atoms with Gasteiger partial charge in [0.25, 0.3) is 0 Å². The van der Waals surface area contributed by atoms with Gasteiger partial charge in [0.15, 0.2) is 0 Å². The fourth-order valence-corrected chi connectivity index (χ4v) is 23.8. The molecular weight excluding hydrogens is 1600 g/mol. The van der Waals surface area contributed by atoms with E-state index in [1.807, 2.05) is 0 Å². The molecule has 16 aromatic carbocycles. The number of carbonyl (C=O) groups excluding carboxylic acids is 2. The number of halogens is 6. The van der Waals surface area contributed by atoms with Gasteiger partial charge in [-0.3, -0.25) is 0 Å². The van der Waals surface area contributed by atoms with E-state index in [1.165, 1.54) is 174 Å². The van der Waals surface area contributed by atoms with E-state index in [1.54, 1.807) is 0 Å². The molecule has 0 heterocycles. The van der Waals surface area contributed by atoms with Crippen LogP contribution in [0.2, 0.25) is 0 Å². The zero-order valence-corrected chi connectivity index (χ0v) is 69.7. The summed E-state index contributed by atoms with van der Waals surface area (Å²) in [5.41, 5.74) is 15.7. The van der Waals surface area contributed by atoms with Crippen LogP contribution < -0.4 is 73.9 Å². The third kappa shape index (κ3) is 19.5. The van der Waals surface area contributed by atoms with Crippen molar-refractivity contribution in [1.82, 2.24) is 0 Å². The van der Waals surface area contributed by atoms with E-state index in [0.717, 1.165) is 0 Å². The summed E-state index contributed by atoms with van der Waals surface area (Å²) in [6, 6.07) is 129. The van der Waals surface area contributed by atoms with E-state index >= 15 is 0 Å². The van der Waals surface area contributed by atoms with Gasteiger partial charge in [-0.2, -0.15) is 26.3 Å². The van der Waals surface area contributed by atoms with E-state index in [4.69, 9.17) is 19.8 Å². The average Bonchev–Trinajstić information content (AvgIpc) is 0.736. The van der Waals surface area contributed by atoms with Crippen molar-refractivity contribution in [1.29, 1.82) is 0 Å². The van der Waals surface area contributed by atoms with Crippen LogP contribution in [-0.2, 0) is 29.1 Å². The second-order valence-corrected chi connectivity index (χ2v) is 37.1. The molecule has 0 bridgehead atoms. The van der Waals surface area contributed by atoms with Crippen molar-refractivity contribution < 1.29 is 65.6 Å². The van der Waals surface area contributed by atoms with Gasteiger partial charge >= 0.3 is 31.8 Å². The quantitative estimate of drug-likeness (QED) is 0.0617. The van der Waals surface area contributed by atoms with Crippen molar-refractivity contribution in [2.24, 2.45) is 0 Å². The van der Waals surface area contributed by atoms with Gasteiger partial charge in [-0.05, 0) is 216 Å². The molecule has 0 aliphatic heterocycles. The number of benzene rings is 16. The second-order valence-electron chi connectivity index (χ2n) is 28.3. The summed E-state index contributed by atoms with van der Waals surface area (Å²) in [7, 11) is -3.54. The maximum absolute atomic E-state index is 10.5. The van der Waals surface area contributed by atoms with Crippen molar-refractivity contribution in [2.75, 3.05) is 0 Å². The summed E-state index contributed by atoms with van der Waals surface area (Å²) >= 11 is 0. The molecule has 0 saturated carbocycles. The number of fused-ring (bicyclic) bond motifs is 4. The predicted molar refractivity (Wildman–Crippen MR) is 469 cm³/mol. The van der Waals surface area contributed by atoms with Gasteiger partial charge in [0, 0.05) is 0 Å². The van der Waals surface area contributed by atoms with Crippen molar-refractivity contribution in [3.63, 3.8) is 0 Å². The number of carboxylic acids is 2. The molecule has 0 amide bonds. The molecule has 0 aromatic heterocycles. The van der Waals surface area contributed by atoms with Crippen LogP contribution in [0.1, 0.15) is 44.5 Å². The molecule has 0 aliphatic rings. The summed E-state index contributed by atoms with van der Waals surface area (Å²) in [4.78, 5) is 17.6. The Bertz CT molecular complexity index is 5190. The maximum Gasteiger partial charge on any atom is 2.00 e. The van der Waals surface area contributed by atoms with Crippen LogP contribution >= 0.6 is 31.7 Å². The fourth-order valence-electron chi connectivity index (χ4n) is 14.1. The van der Waals surface area contributed by atoms with Crippen LogP contribution in [-0.4, -0.2) is 24.3 Å². The number of carboxylic acid groups (broad SMARTS) is 2. The number of aryl methyl sites for hydroxylation is 8. The minimum Gasteiger partial charge on any atom is -0.542 e. The number of hydrogen-bond donors (Lipinski definition) is 0. The largest absolute Gasteiger partial charge is 2.00 e. The Balaban J connectivity index is 0.000000181. The number of hydrogen-bond acceptors (Lipinski definition) is 4. The first kappa shape index (κ1) is 83.8. The smallest absolute Gasteiger partial charge is 0.542 e. The minimum atomic E-state index is -5.19. The molecular formula is C100H80F6O4P4Ru. The molecule has 0 aliphatic carbocycles. The summed E-state index contributed by atoms with van der Waals surface area (Å²) in [5.74, 6) is -6.01. The summed E-state index contributed by atoms with van der Waals surface area (Å²) < 4.78 is 63.1. The first-order valence-corrected chi connectivity index (χ1v) is 42.5. The molecule has 574 valence electrons. The van der Waals surface area contributed by atoms with Gasteiger partial charge in [0.05, 0.1) is 0 Å². The van der Waals surface area contributed by atoms with Crippen LogP contribution in [0.5, 0.6) is 0 Å². The van der Waals surface area contributed by atoms with Gasteiger partial charge in [-0.1, -0.05) is 384 Å². The van der Waals surface area contributed by atoms with Crippen molar-refractivity contribution in [2.45, 2.75) is 67.7 Å². The van der Waals surface area contributed by atoms with Gasteiger partial charge in [0.2, 0.25) is 0 Å². The van der Waals surface area contributed by atoms with Crippen LogP contribution in [0.4, 0.5) is 26.3 Å². The topological polar surface area (TPSA) is 80.3 Å². The Kier molecular flexibility index (Phi) is 26.9. The molecule has 16 rings (SSSR count). The fraction of sp³-hybridized carbons (Fsp3) is 0.100. The molecule has 0 saturated heterocycles. The van der Waals surface area contributed by atoms with Gasteiger partial charge in [0.1, 0.15) is 11.9 Å². The minimum absolute atomic E-state index is 0. The zero-order chi connectivity index (χ0) is 80.5. The van der Waals surface area contributed by atoms with E-state index in [2.05, 4.69) is 395 Å². The third-order valence-electron chi connectivity index (χ3n) is 19.9. The Morgan fingerprint density at radius 2 is 0.348 bits per heavy atom. The van der Waals surface area contributed by atoms with Crippen LogP contribution in [0.15, 0.2) is 340 Å². The predicted octanol–water partition coefficient (Wildman–Crippen LogP) is 19.4. The normalized spacial score (nSPS) is 11.4. The maximum atomic E-state index is 10.5. The first-order chi connectivity index (χ1) is 54.8. The Morgan fingerprint density at radius 3 is 0.478 bits per heavy atom. The molecule has 16 aromatic rings. The van der Waals surface area contributed by atoms with Gasteiger partial charge in [-0.15, -0.1) is 0 Å². The molecule has 0 unspecified atom stereocenters. The van der Waals surface area contributed by atoms with E-state index in [-0.39, 0.29) is 19.5 Å². The van der Waals surface area contributed by atoms with Crippen molar-refractivity contribution in [3.8, 4) is 22.3 Å². The monoisotopic (exact) mass is 1680 g/mol. The Morgan fingerprint density at radius 1 is 0.217 bits per heavy atom. The van der Waals surface area contributed by atoms with E-state index < -0.39 is 56.0 Å². The van der Waals surface area contributed by atoms with Crippen molar-refractivity contribution in [3.05, 3.63) is 384 Å². The molecule has 4 nitrogen and oxygen atoms in total. The number of carbonyl (C=O) groups is 2. The molecule has 0 atom stereocenters. The van der Waals surface area contributed by atoms with Gasteiger partial charge < -0.3 is 19.8 Å². The van der Waals surface area contributed by atoms with Gasteiger partial charge in [-0.25, -0.2) is 0 Å². The van der Waals surface area contributed by atoms with E-state index in [9.17, 15) is 26.3 Å². The van der Waals surface area contributed by atoms with Crippen LogP contribution in [0.3, 0.4) is 0 Å². The zero-order valence-electron chi connectivity index (χ0n) is 64.4. The molecule has 0 fully saturated rings. The van der Waals surface area contributed by atoms with Crippen molar-refractivity contribution >= 4 is 150 Å². The van der Waals surface area contributed by atoms with Crippen LogP contribution in [0.25, 0.3) is 65.3 Å². The molecule has 15 heteroatoms. The Hall–Kier alpha value is -10.6. The third-order valence-corrected chi connectivity index (χ3v) is 29.8. The van der Waals surface area contributed by atoms with E-state index in [0.29, 0.717) is 0 Å². The van der Waals surface area contributed by atoms with Crippen LogP contribution in [0, 0.1) is 55.4 Å². The molecule has 0 N–H and O–H groups in total. The first-order valence-electron chi connectivity index (χ1n) is 37.2. The standard InChI is InChI=1S/2C48H40P2.2C2HF3O2.Ru/c2*1-33-13-23-39(24-14-33)49(40-25-15-34(2)16-26-40)45-31-21-37-9-5-7-11-43(37)47(45)48-44-12-8-6-10-38(44)22-32-46(48)50(41-27-17-35(3)18-28-41)42-29-19-36(4)20-30-42;2*3-2(4,5)1(6)7;/h2*5-32H,1-4H3;2*(H,6,7);/q;;;;+2/p-2. The molecule has 0 spiro atoms. The summed E-state index contributed by atoms with van der Waals surface area (Å²) in [6.07, 6.45) is -10.4.